The second-order valence-corrected chi connectivity index (χ2v) is 5.21. The predicted molar refractivity (Wildman–Crippen MR) is 73.3 cm³/mol. The van der Waals surface area contributed by atoms with Crippen molar-refractivity contribution in [2.75, 3.05) is 0 Å². The first-order chi connectivity index (χ1) is 9.45. The Labute approximate surface area is 121 Å². The minimum atomic E-state index is -4.32. The molecule has 102 valence electrons. The third-order valence-corrected chi connectivity index (χ3v) is 3.45. The maximum atomic E-state index is 12.5. The van der Waals surface area contributed by atoms with E-state index < -0.39 is 11.7 Å². The molecule has 1 aromatic carbocycles. The topological polar surface area (TPSA) is 17.3 Å². The van der Waals surface area contributed by atoms with Gasteiger partial charge in [0, 0.05) is 16.2 Å². The molecule has 0 aliphatic heterocycles. The third-order valence-electron chi connectivity index (χ3n) is 2.98. The highest BCUT2D eigenvalue weighted by Crippen LogP contribution is 2.31. The van der Waals surface area contributed by atoms with Gasteiger partial charge >= 0.3 is 6.18 Å². The average molecular weight is 341 g/mol. The van der Waals surface area contributed by atoms with Crippen molar-refractivity contribution in [1.29, 1.82) is 0 Å². The monoisotopic (exact) mass is 340 g/mol. The Bertz CT molecular complexity index is 760. The smallest absolute Gasteiger partial charge is 0.299 e. The van der Waals surface area contributed by atoms with Gasteiger partial charge in [-0.25, -0.2) is 4.98 Å². The van der Waals surface area contributed by atoms with Crippen LogP contribution in [0.25, 0.3) is 16.9 Å². The molecule has 0 fully saturated rings. The van der Waals surface area contributed by atoms with Crippen molar-refractivity contribution in [2.45, 2.75) is 6.18 Å². The van der Waals surface area contributed by atoms with Crippen LogP contribution in [-0.2, 0) is 6.18 Å². The highest BCUT2D eigenvalue weighted by atomic mass is 79.9. The summed E-state index contributed by atoms with van der Waals surface area (Å²) in [5.74, 6) is 0. The lowest BCUT2D eigenvalue weighted by Crippen LogP contribution is -2.04. The molecule has 0 aliphatic carbocycles. The van der Waals surface area contributed by atoms with Crippen LogP contribution < -0.4 is 0 Å². The van der Waals surface area contributed by atoms with Gasteiger partial charge in [-0.05, 0) is 40.2 Å². The first-order valence-corrected chi connectivity index (χ1v) is 6.55. The number of nitrogens with zero attached hydrogens (tertiary/aromatic N) is 2. The number of hydrogen-bond acceptors (Lipinski definition) is 1. The van der Waals surface area contributed by atoms with E-state index in [4.69, 9.17) is 0 Å². The van der Waals surface area contributed by atoms with Crippen molar-refractivity contribution in [3.05, 3.63) is 58.8 Å². The largest absolute Gasteiger partial charge is 0.416 e. The molecule has 0 radical (unpaired) electrons. The summed E-state index contributed by atoms with van der Waals surface area (Å²) >= 11 is 3.36. The molecule has 0 saturated heterocycles. The maximum absolute atomic E-state index is 12.5. The van der Waals surface area contributed by atoms with Crippen molar-refractivity contribution in [3.8, 4) is 11.3 Å². The van der Waals surface area contributed by atoms with E-state index >= 15 is 0 Å². The quantitative estimate of drug-likeness (QED) is 0.623. The molecule has 6 heteroatoms. The second-order valence-electron chi connectivity index (χ2n) is 4.29. The summed E-state index contributed by atoms with van der Waals surface area (Å²) in [7, 11) is 0. The molecule has 0 unspecified atom stereocenters. The summed E-state index contributed by atoms with van der Waals surface area (Å²) in [6.07, 6.45) is -0.846. The van der Waals surface area contributed by atoms with Crippen molar-refractivity contribution in [1.82, 2.24) is 9.38 Å². The number of hydrogen-bond donors (Lipinski definition) is 0. The fourth-order valence-electron chi connectivity index (χ4n) is 2.00. The highest BCUT2D eigenvalue weighted by molar-refractivity contribution is 9.10. The van der Waals surface area contributed by atoms with Crippen LogP contribution in [0, 0.1) is 0 Å². The highest BCUT2D eigenvalue weighted by Gasteiger charge is 2.30. The molecule has 2 nitrogen and oxygen atoms in total. The van der Waals surface area contributed by atoms with Crippen LogP contribution in [0.5, 0.6) is 0 Å². The van der Waals surface area contributed by atoms with Crippen LogP contribution in [0.3, 0.4) is 0 Å². The van der Waals surface area contributed by atoms with E-state index in [0.717, 1.165) is 27.9 Å². The molecule has 20 heavy (non-hydrogen) atoms. The lowest BCUT2D eigenvalue weighted by atomic mass is 10.1. The Balaban J connectivity index is 2.09. The fourth-order valence-corrected chi connectivity index (χ4v) is 2.34. The molecule has 3 aromatic rings. The molecular formula is C14H8BrF3N2. The zero-order valence-corrected chi connectivity index (χ0v) is 11.6. The molecular weight excluding hydrogens is 333 g/mol. The Morgan fingerprint density at radius 1 is 1.00 bits per heavy atom. The summed E-state index contributed by atoms with van der Waals surface area (Å²) in [6, 6.07) is 8.75. The minimum absolute atomic E-state index is 0.656. The summed E-state index contributed by atoms with van der Waals surface area (Å²) in [4.78, 5) is 4.23. The van der Waals surface area contributed by atoms with Crippen LogP contribution in [0.4, 0.5) is 13.2 Å². The average Bonchev–Trinajstić information content (AvgIpc) is 2.81. The Morgan fingerprint density at radius 2 is 1.70 bits per heavy atom. The van der Waals surface area contributed by atoms with E-state index in [0.29, 0.717) is 5.56 Å². The molecule has 0 amide bonds. The standard InChI is InChI=1S/C14H8BrF3N2/c15-11-5-6-13-19-7-12(20(13)8-11)9-1-3-10(4-2-9)14(16,17)18/h1-8H. The summed E-state index contributed by atoms with van der Waals surface area (Å²) in [5.41, 5.74) is 1.51. The van der Waals surface area contributed by atoms with E-state index in [1.807, 2.05) is 22.7 Å². The van der Waals surface area contributed by atoms with Crippen LogP contribution in [-0.4, -0.2) is 9.38 Å². The van der Waals surface area contributed by atoms with Crippen molar-refractivity contribution < 1.29 is 13.2 Å². The molecule has 2 aromatic heterocycles. The first kappa shape index (κ1) is 13.2. The van der Waals surface area contributed by atoms with Gasteiger partial charge in [0.2, 0.25) is 0 Å². The molecule has 0 atom stereocenters. The normalized spacial score (nSPS) is 12.0. The van der Waals surface area contributed by atoms with E-state index in [1.165, 1.54) is 12.1 Å². The van der Waals surface area contributed by atoms with Gasteiger partial charge in [-0.3, -0.25) is 4.40 Å². The van der Waals surface area contributed by atoms with Gasteiger partial charge in [0.25, 0.3) is 0 Å². The van der Waals surface area contributed by atoms with E-state index in [9.17, 15) is 13.2 Å². The van der Waals surface area contributed by atoms with E-state index in [2.05, 4.69) is 20.9 Å². The Hall–Kier alpha value is -1.82. The van der Waals surface area contributed by atoms with Gasteiger partial charge in [-0.1, -0.05) is 12.1 Å². The number of benzene rings is 1. The van der Waals surface area contributed by atoms with Crippen LogP contribution >= 0.6 is 15.9 Å². The molecule has 0 N–H and O–H groups in total. The molecule has 3 rings (SSSR count). The van der Waals surface area contributed by atoms with Crippen LogP contribution in [0.2, 0.25) is 0 Å². The maximum Gasteiger partial charge on any atom is 0.416 e. The molecule has 0 aliphatic rings. The number of fused-ring (bicyclic) bond motifs is 1. The Morgan fingerprint density at radius 3 is 2.35 bits per heavy atom. The predicted octanol–water partition coefficient (Wildman–Crippen LogP) is 4.78. The van der Waals surface area contributed by atoms with Crippen LogP contribution in [0.1, 0.15) is 5.56 Å². The van der Waals surface area contributed by atoms with Gasteiger partial charge in [0.1, 0.15) is 5.65 Å². The van der Waals surface area contributed by atoms with E-state index in [1.54, 1.807) is 6.20 Å². The van der Waals surface area contributed by atoms with Gasteiger partial charge in [0.15, 0.2) is 0 Å². The van der Waals surface area contributed by atoms with Gasteiger partial charge < -0.3 is 0 Å². The zero-order chi connectivity index (χ0) is 14.3. The van der Waals surface area contributed by atoms with Crippen molar-refractivity contribution in [2.24, 2.45) is 0 Å². The first-order valence-electron chi connectivity index (χ1n) is 5.75. The third kappa shape index (κ3) is 2.31. The summed E-state index contributed by atoms with van der Waals surface area (Å²) in [6.45, 7) is 0. The lowest BCUT2D eigenvalue weighted by Gasteiger charge is -2.07. The second kappa shape index (κ2) is 4.63. The zero-order valence-electron chi connectivity index (χ0n) is 10.0. The molecule has 0 spiro atoms. The lowest BCUT2D eigenvalue weighted by molar-refractivity contribution is -0.137. The van der Waals surface area contributed by atoms with Gasteiger partial charge in [0.05, 0.1) is 17.5 Å². The van der Waals surface area contributed by atoms with Gasteiger partial charge in [-0.15, -0.1) is 0 Å². The molecule has 0 bridgehead atoms. The summed E-state index contributed by atoms with van der Waals surface area (Å²) < 4.78 is 40.3. The van der Waals surface area contributed by atoms with Gasteiger partial charge in [-0.2, -0.15) is 13.2 Å². The SMILES string of the molecule is FC(F)(F)c1ccc(-c2cnc3ccc(Br)cn23)cc1. The number of rotatable bonds is 1. The van der Waals surface area contributed by atoms with Crippen molar-refractivity contribution >= 4 is 21.6 Å². The number of pyridine rings is 1. The molecule has 2 heterocycles. The number of aromatic nitrogens is 2. The minimum Gasteiger partial charge on any atom is -0.299 e. The summed E-state index contributed by atoms with van der Waals surface area (Å²) in [5, 5.41) is 0. The fraction of sp³-hybridized carbons (Fsp3) is 0.0714. The number of alkyl halides is 3. The number of imidazole rings is 1. The van der Waals surface area contributed by atoms with E-state index in [-0.39, 0.29) is 0 Å². The number of halogens is 4. The molecule has 0 saturated carbocycles. The Kier molecular flexibility index (Phi) is 3.05. The van der Waals surface area contributed by atoms with Crippen molar-refractivity contribution in [3.63, 3.8) is 0 Å². The van der Waals surface area contributed by atoms with Crippen LogP contribution in [0.15, 0.2) is 53.3 Å².